The predicted octanol–water partition coefficient (Wildman–Crippen LogP) is 3.34. The second kappa shape index (κ2) is 8.23. The summed E-state index contributed by atoms with van der Waals surface area (Å²) in [5, 5.41) is 0.385. The molecule has 158 valence electrons. The number of hydrogen-bond acceptors (Lipinski definition) is 6. The summed E-state index contributed by atoms with van der Waals surface area (Å²) in [6.07, 6.45) is 5.04. The number of Topliss-reactive ketones (excluding diaryl/α,β-unsaturated/α-hetero) is 1. The molecule has 4 rings (SSSR count). The molecule has 0 saturated carbocycles. The van der Waals surface area contributed by atoms with Crippen LogP contribution in [0.5, 0.6) is 0 Å². The summed E-state index contributed by atoms with van der Waals surface area (Å²) in [7, 11) is 0. The van der Waals surface area contributed by atoms with Crippen LogP contribution in [0.4, 0.5) is 11.8 Å². The van der Waals surface area contributed by atoms with Crippen LogP contribution in [-0.2, 0) is 6.54 Å². The summed E-state index contributed by atoms with van der Waals surface area (Å²) in [6, 6.07) is 11.0. The van der Waals surface area contributed by atoms with Crippen molar-refractivity contribution in [3.05, 3.63) is 81.6 Å². The monoisotopic (exact) mass is 436 g/mol. The molecule has 0 atom stereocenters. The first-order valence-corrected chi connectivity index (χ1v) is 10.1. The van der Waals surface area contributed by atoms with E-state index in [1.807, 2.05) is 48.4 Å². The fraction of sp³-hybridized carbons (Fsp3) is 0.182. The SMILES string of the molecule is CCN(Cc1cn2ccc(Cl)c2c(=O)n1-c1ccccc1)c1nc(N)ncc1C(C)=O. The number of ketones is 1. The minimum Gasteiger partial charge on any atom is -0.368 e. The van der Waals surface area contributed by atoms with Gasteiger partial charge in [0.25, 0.3) is 5.56 Å². The first-order chi connectivity index (χ1) is 14.9. The van der Waals surface area contributed by atoms with Crippen molar-refractivity contribution in [3.63, 3.8) is 0 Å². The third kappa shape index (κ3) is 3.77. The highest BCUT2D eigenvalue weighted by atomic mass is 35.5. The summed E-state index contributed by atoms with van der Waals surface area (Å²) in [5.74, 6) is 0.341. The smallest absolute Gasteiger partial charge is 0.281 e. The molecule has 0 bridgehead atoms. The number of nitrogen functional groups attached to an aromatic ring is 1. The number of halogens is 1. The van der Waals surface area contributed by atoms with E-state index in [0.29, 0.717) is 46.4 Å². The molecule has 0 aliphatic heterocycles. The number of nitrogens with zero attached hydrogens (tertiary/aromatic N) is 5. The number of carbonyl (C=O) groups is 1. The largest absolute Gasteiger partial charge is 0.368 e. The Hall–Kier alpha value is -3.65. The molecular formula is C22H21ClN6O2. The minimum absolute atomic E-state index is 0.0755. The number of aromatic nitrogens is 4. The van der Waals surface area contributed by atoms with Gasteiger partial charge in [0.1, 0.15) is 11.3 Å². The molecule has 0 amide bonds. The van der Waals surface area contributed by atoms with Crippen LogP contribution in [0.2, 0.25) is 5.02 Å². The number of nitrogens with two attached hydrogens (primary N) is 1. The number of hydrogen-bond donors (Lipinski definition) is 1. The summed E-state index contributed by atoms with van der Waals surface area (Å²) in [6.45, 7) is 4.24. The number of benzene rings is 1. The van der Waals surface area contributed by atoms with Crippen LogP contribution in [0.1, 0.15) is 29.9 Å². The summed E-state index contributed by atoms with van der Waals surface area (Å²) < 4.78 is 3.34. The van der Waals surface area contributed by atoms with Crippen molar-refractivity contribution in [3.8, 4) is 5.69 Å². The lowest BCUT2D eigenvalue weighted by Crippen LogP contribution is -2.31. The molecule has 0 aliphatic rings. The molecule has 31 heavy (non-hydrogen) atoms. The lowest BCUT2D eigenvalue weighted by molar-refractivity contribution is 0.101. The predicted molar refractivity (Wildman–Crippen MR) is 121 cm³/mol. The zero-order valence-electron chi connectivity index (χ0n) is 17.1. The van der Waals surface area contributed by atoms with E-state index < -0.39 is 0 Å². The number of para-hydroxylation sites is 1. The lowest BCUT2D eigenvalue weighted by Gasteiger charge is -2.25. The van der Waals surface area contributed by atoms with E-state index in [0.717, 1.165) is 0 Å². The van der Waals surface area contributed by atoms with E-state index in [4.69, 9.17) is 17.3 Å². The third-order valence-electron chi connectivity index (χ3n) is 5.06. The van der Waals surface area contributed by atoms with Crippen LogP contribution in [0, 0.1) is 0 Å². The molecule has 0 fully saturated rings. The van der Waals surface area contributed by atoms with Crippen LogP contribution in [0.15, 0.2) is 59.8 Å². The molecule has 0 unspecified atom stereocenters. The molecule has 9 heteroatoms. The van der Waals surface area contributed by atoms with Crippen molar-refractivity contribution in [2.24, 2.45) is 0 Å². The first kappa shape index (κ1) is 20.6. The van der Waals surface area contributed by atoms with Gasteiger partial charge in [-0.05, 0) is 32.0 Å². The van der Waals surface area contributed by atoms with E-state index in [1.165, 1.54) is 13.1 Å². The van der Waals surface area contributed by atoms with Gasteiger partial charge in [-0.15, -0.1) is 0 Å². The van der Waals surface area contributed by atoms with E-state index in [9.17, 15) is 9.59 Å². The summed E-state index contributed by atoms with van der Waals surface area (Å²) in [4.78, 5) is 35.7. The van der Waals surface area contributed by atoms with Gasteiger partial charge in [-0.25, -0.2) is 4.98 Å². The molecule has 3 heterocycles. The molecule has 4 aromatic rings. The van der Waals surface area contributed by atoms with Crippen molar-refractivity contribution in [2.75, 3.05) is 17.2 Å². The van der Waals surface area contributed by atoms with Crippen LogP contribution >= 0.6 is 11.6 Å². The maximum absolute atomic E-state index is 13.4. The summed E-state index contributed by atoms with van der Waals surface area (Å²) >= 11 is 6.28. The van der Waals surface area contributed by atoms with E-state index in [2.05, 4.69) is 9.97 Å². The molecule has 1 aromatic carbocycles. The average Bonchev–Trinajstić information content (AvgIpc) is 3.13. The van der Waals surface area contributed by atoms with Crippen LogP contribution < -0.4 is 16.2 Å². The average molecular weight is 437 g/mol. The van der Waals surface area contributed by atoms with Crippen molar-refractivity contribution in [2.45, 2.75) is 20.4 Å². The molecule has 0 spiro atoms. The third-order valence-corrected chi connectivity index (χ3v) is 5.37. The standard InChI is InChI=1S/C22H21ClN6O2/c1-3-27(20-17(14(2)30)11-25-22(24)26-20)12-16-13-28-10-9-18(23)19(28)21(31)29(16)15-7-5-4-6-8-15/h4-11,13H,3,12H2,1-2H3,(H2,24,25,26). The van der Waals surface area contributed by atoms with Crippen LogP contribution in [-0.4, -0.2) is 31.3 Å². The highest BCUT2D eigenvalue weighted by Crippen LogP contribution is 2.23. The Kier molecular flexibility index (Phi) is 5.48. The molecule has 2 N–H and O–H groups in total. The van der Waals surface area contributed by atoms with Gasteiger partial charge in [0.05, 0.1) is 22.8 Å². The fourth-order valence-corrected chi connectivity index (χ4v) is 3.81. The Labute approximate surface area is 183 Å². The van der Waals surface area contributed by atoms with Crippen molar-refractivity contribution < 1.29 is 4.79 Å². The topological polar surface area (TPSA) is 98.5 Å². The lowest BCUT2D eigenvalue weighted by atomic mass is 10.2. The molecule has 8 nitrogen and oxygen atoms in total. The molecule has 0 aliphatic carbocycles. The van der Waals surface area contributed by atoms with Gasteiger partial charge in [0.15, 0.2) is 5.78 Å². The molecule has 0 saturated heterocycles. The number of carbonyl (C=O) groups excluding carboxylic acids is 1. The Morgan fingerprint density at radius 3 is 2.65 bits per heavy atom. The van der Waals surface area contributed by atoms with Gasteiger partial charge in [-0.3, -0.25) is 14.2 Å². The molecular weight excluding hydrogens is 416 g/mol. The van der Waals surface area contributed by atoms with Crippen molar-refractivity contribution in [1.82, 2.24) is 18.9 Å². The number of fused-ring (bicyclic) bond motifs is 1. The van der Waals surface area contributed by atoms with Crippen LogP contribution in [0.25, 0.3) is 11.2 Å². The fourth-order valence-electron chi connectivity index (χ4n) is 3.58. The first-order valence-electron chi connectivity index (χ1n) is 9.75. The van der Waals surface area contributed by atoms with E-state index >= 15 is 0 Å². The maximum Gasteiger partial charge on any atom is 0.281 e. The maximum atomic E-state index is 13.4. The van der Waals surface area contributed by atoms with E-state index in [1.54, 1.807) is 21.2 Å². The van der Waals surface area contributed by atoms with Gasteiger partial charge in [0, 0.05) is 30.8 Å². The highest BCUT2D eigenvalue weighted by molar-refractivity contribution is 6.33. The zero-order valence-corrected chi connectivity index (χ0v) is 17.9. The molecule has 3 aromatic heterocycles. The van der Waals surface area contributed by atoms with E-state index in [-0.39, 0.29) is 17.3 Å². The minimum atomic E-state index is -0.233. The van der Waals surface area contributed by atoms with Gasteiger partial charge >= 0.3 is 0 Å². The van der Waals surface area contributed by atoms with Crippen LogP contribution in [0.3, 0.4) is 0 Å². The van der Waals surface area contributed by atoms with Crippen molar-refractivity contribution >= 4 is 34.7 Å². The quantitative estimate of drug-likeness (QED) is 0.465. The Balaban J connectivity index is 1.91. The van der Waals surface area contributed by atoms with Gasteiger partial charge in [-0.2, -0.15) is 4.98 Å². The summed E-state index contributed by atoms with van der Waals surface area (Å²) in [5.41, 5.74) is 7.75. The zero-order chi connectivity index (χ0) is 22.1. The Bertz CT molecular complexity index is 1330. The van der Waals surface area contributed by atoms with Gasteiger partial charge < -0.3 is 15.0 Å². The molecule has 0 radical (unpaired) electrons. The van der Waals surface area contributed by atoms with Gasteiger partial charge in [0.2, 0.25) is 5.95 Å². The second-order valence-electron chi connectivity index (χ2n) is 7.05. The number of rotatable bonds is 6. The second-order valence-corrected chi connectivity index (χ2v) is 7.46. The van der Waals surface area contributed by atoms with Crippen molar-refractivity contribution in [1.29, 1.82) is 0 Å². The highest BCUT2D eigenvalue weighted by Gasteiger charge is 2.20. The van der Waals surface area contributed by atoms with Gasteiger partial charge in [-0.1, -0.05) is 29.8 Å². The Morgan fingerprint density at radius 2 is 1.97 bits per heavy atom. The Morgan fingerprint density at radius 1 is 1.23 bits per heavy atom. The number of anilines is 2. The normalized spacial score (nSPS) is 11.1.